The highest BCUT2D eigenvalue weighted by Gasteiger charge is 2.34. The first kappa shape index (κ1) is 9.42. The van der Waals surface area contributed by atoms with Gasteiger partial charge in [0.15, 0.2) is 0 Å². The van der Waals surface area contributed by atoms with Crippen LogP contribution in [0.15, 0.2) is 0 Å². The molecule has 0 saturated heterocycles. The Bertz CT molecular complexity index is 170. The van der Waals surface area contributed by atoms with Gasteiger partial charge in [0.05, 0.1) is 5.84 Å². The van der Waals surface area contributed by atoms with Crippen molar-refractivity contribution >= 4 is 5.84 Å². The molecule has 70 valence electrons. The molecule has 0 unspecified atom stereocenters. The molecule has 4 heteroatoms. The quantitative estimate of drug-likeness (QED) is 0.491. The van der Waals surface area contributed by atoms with Crippen LogP contribution in [0, 0.1) is 11.3 Å². The molecule has 0 aliphatic heterocycles. The van der Waals surface area contributed by atoms with Gasteiger partial charge in [-0.3, -0.25) is 5.41 Å². The highest BCUT2D eigenvalue weighted by molar-refractivity contribution is 5.77. The fourth-order valence-electron chi connectivity index (χ4n) is 1.62. The fourth-order valence-corrected chi connectivity index (χ4v) is 1.62. The molecule has 3 N–H and O–H groups in total. The third-order valence-corrected chi connectivity index (χ3v) is 2.35. The van der Waals surface area contributed by atoms with Crippen molar-refractivity contribution in [2.75, 3.05) is 0 Å². The maximum absolute atomic E-state index is 12.6. The Morgan fingerprint density at radius 3 is 2.33 bits per heavy atom. The minimum Gasteiger partial charge on any atom is -0.388 e. The van der Waals surface area contributed by atoms with Crippen molar-refractivity contribution in [2.45, 2.75) is 38.0 Å². The summed E-state index contributed by atoms with van der Waals surface area (Å²) in [6, 6.07) is 0. The van der Waals surface area contributed by atoms with E-state index >= 15 is 0 Å². The first-order chi connectivity index (χ1) is 5.49. The summed E-state index contributed by atoms with van der Waals surface area (Å²) in [6.45, 7) is 0. The number of nitrogens with one attached hydrogen (secondary N) is 1. The maximum Gasteiger partial charge on any atom is 0.248 e. The molecule has 0 amide bonds. The monoisotopic (exact) mass is 176 g/mol. The zero-order valence-electron chi connectivity index (χ0n) is 6.95. The zero-order chi connectivity index (χ0) is 9.19. The van der Waals surface area contributed by atoms with Crippen LogP contribution in [0.25, 0.3) is 0 Å². The predicted molar refractivity (Wildman–Crippen MR) is 43.4 cm³/mol. The van der Waals surface area contributed by atoms with Crippen molar-refractivity contribution in [1.29, 1.82) is 5.41 Å². The van der Waals surface area contributed by atoms with E-state index in [2.05, 4.69) is 0 Å². The number of alkyl halides is 2. The molecule has 0 radical (unpaired) electrons. The Balaban J connectivity index is 2.31. The average Bonchev–Trinajstić information content (AvgIpc) is 1.93. The third-order valence-electron chi connectivity index (χ3n) is 2.35. The Morgan fingerprint density at radius 1 is 1.42 bits per heavy atom. The molecule has 1 aliphatic rings. The second kappa shape index (κ2) is 3.37. The highest BCUT2D eigenvalue weighted by atomic mass is 19.3. The smallest absolute Gasteiger partial charge is 0.248 e. The van der Waals surface area contributed by atoms with E-state index < -0.39 is 5.92 Å². The number of nitrogens with two attached hydrogens (primary N) is 1. The summed E-state index contributed by atoms with van der Waals surface area (Å²) in [4.78, 5) is 0. The van der Waals surface area contributed by atoms with E-state index in [0.29, 0.717) is 19.3 Å². The number of hydrogen-bond acceptors (Lipinski definition) is 1. The lowest BCUT2D eigenvalue weighted by molar-refractivity contribution is -0.0450. The molecule has 0 spiro atoms. The molecule has 0 aromatic carbocycles. The van der Waals surface area contributed by atoms with Gasteiger partial charge in [0.2, 0.25) is 5.92 Å². The number of amidine groups is 1. The van der Waals surface area contributed by atoms with Crippen molar-refractivity contribution in [3.05, 3.63) is 0 Å². The second-order valence-electron chi connectivity index (χ2n) is 3.53. The van der Waals surface area contributed by atoms with Crippen molar-refractivity contribution in [3.8, 4) is 0 Å². The van der Waals surface area contributed by atoms with Crippen LogP contribution in [-0.4, -0.2) is 11.8 Å². The topological polar surface area (TPSA) is 49.9 Å². The average molecular weight is 176 g/mol. The summed E-state index contributed by atoms with van der Waals surface area (Å²) in [7, 11) is 0. The number of hydrogen-bond donors (Lipinski definition) is 2. The lowest BCUT2D eigenvalue weighted by Crippen LogP contribution is -2.27. The van der Waals surface area contributed by atoms with Gasteiger partial charge in [0.25, 0.3) is 0 Å². The van der Waals surface area contributed by atoms with E-state index in [9.17, 15) is 8.78 Å². The number of rotatable bonds is 2. The summed E-state index contributed by atoms with van der Waals surface area (Å²) >= 11 is 0. The van der Waals surface area contributed by atoms with Gasteiger partial charge in [-0.15, -0.1) is 0 Å². The standard InChI is InChI=1S/C8H14F2N2/c9-8(10)3-1-6(2-4-8)5-7(11)12/h6H,1-5H2,(H3,11,12). The molecule has 0 atom stereocenters. The van der Waals surface area contributed by atoms with Crippen LogP contribution in [0.3, 0.4) is 0 Å². The van der Waals surface area contributed by atoms with Crippen LogP contribution < -0.4 is 5.73 Å². The molecule has 1 aliphatic carbocycles. The van der Waals surface area contributed by atoms with Gasteiger partial charge in [0.1, 0.15) is 0 Å². The van der Waals surface area contributed by atoms with E-state index in [0.717, 1.165) is 0 Å². The molecule has 1 saturated carbocycles. The number of halogens is 2. The van der Waals surface area contributed by atoms with Crippen LogP contribution in [0.5, 0.6) is 0 Å². The summed E-state index contributed by atoms with van der Waals surface area (Å²) in [5, 5.41) is 7.02. The summed E-state index contributed by atoms with van der Waals surface area (Å²) < 4.78 is 25.3. The molecule has 2 nitrogen and oxygen atoms in total. The first-order valence-corrected chi connectivity index (χ1v) is 4.20. The molecule has 0 aromatic heterocycles. The van der Waals surface area contributed by atoms with Crippen molar-refractivity contribution in [2.24, 2.45) is 11.7 Å². The largest absolute Gasteiger partial charge is 0.388 e. The first-order valence-electron chi connectivity index (χ1n) is 4.20. The van der Waals surface area contributed by atoms with Gasteiger partial charge in [-0.25, -0.2) is 8.78 Å². The lowest BCUT2D eigenvalue weighted by atomic mass is 9.84. The van der Waals surface area contributed by atoms with E-state index in [1.54, 1.807) is 0 Å². The maximum atomic E-state index is 12.6. The van der Waals surface area contributed by atoms with Gasteiger partial charge >= 0.3 is 0 Å². The molecule has 0 heterocycles. The van der Waals surface area contributed by atoms with Crippen LogP contribution in [0.4, 0.5) is 8.78 Å². The summed E-state index contributed by atoms with van der Waals surface area (Å²) in [5.74, 6) is -2.14. The molecule has 0 bridgehead atoms. The van der Waals surface area contributed by atoms with Crippen molar-refractivity contribution < 1.29 is 8.78 Å². The van der Waals surface area contributed by atoms with Crippen molar-refractivity contribution in [1.82, 2.24) is 0 Å². The van der Waals surface area contributed by atoms with Crippen LogP contribution in [0.1, 0.15) is 32.1 Å². The zero-order valence-corrected chi connectivity index (χ0v) is 6.95. The Morgan fingerprint density at radius 2 is 1.92 bits per heavy atom. The lowest BCUT2D eigenvalue weighted by Gasteiger charge is -2.27. The van der Waals surface area contributed by atoms with E-state index in [1.165, 1.54) is 0 Å². The van der Waals surface area contributed by atoms with E-state index in [4.69, 9.17) is 11.1 Å². The van der Waals surface area contributed by atoms with Gasteiger partial charge in [-0.2, -0.15) is 0 Å². The Hall–Kier alpha value is -0.670. The van der Waals surface area contributed by atoms with Gasteiger partial charge < -0.3 is 5.73 Å². The summed E-state index contributed by atoms with van der Waals surface area (Å²) in [6.07, 6.45) is 1.42. The minimum absolute atomic E-state index is 0.0368. The molecule has 12 heavy (non-hydrogen) atoms. The van der Waals surface area contributed by atoms with Crippen molar-refractivity contribution in [3.63, 3.8) is 0 Å². The van der Waals surface area contributed by atoms with Gasteiger partial charge in [0, 0.05) is 19.3 Å². The molecule has 1 rings (SSSR count). The van der Waals surface area contributed by atoms with E-state index in [1.807, 2.05) is 0 Å². The highest BCUT2D eigenvalue weighted by Crippen LogP contribution is 2.37. The second-order valence-corrected chi connectivity index (χ2v) is 3.53. The Labute approximate surface area is 70.6 Å². The van der Waals surface area contributed by atoms with Crippen LogP contribution in [0.2, 0.25) is 0 Å². The van der Waals surface area contributed by atoms with Crippen LogP contribution in [-0.2, 0) is 0 Å². The third kappa shape index (κ3) is 2.75. The predicted octanol–water partition coefficient (Wildman–Crippen LogP) is 2.14. The van der Waals surface area contributed by atoms with Crippen LogP contribution >= 0.6 is 0 Å². The summed E-state index contributed by atoms with van der Waals surface area (Å²) in [5.41, 5.74) is 5.19. The normalized spacial score (nSPS) is 23.8. The van der Waals surface area contributed by atoms with Gasteiger partial charge in [-0.05, 0) is 18.8 Å². The van der Waals surface area contributed by atoms with E-state index in [-0.39, 0.29) is 24.6 Å². The molecule has 0 aromatic rings. The van der Waals surface area contributed by atoms with Gasteiger partial charge in [-0.1, -0.05) is 0 Å². The molecular formula is C8H14F2N2. The molecular weight excluding hydrogens is 162 g/mol. The fraction of sp³-hybridized carbons (Fsp3) is 0.875. The Kier molecular flexibility index (Phi) is 2.65. The minimum atomic E-state index is -2.46. The SMILES string of the molecule is N=C(N)CC1CCC(F)(F)CC1. The molecule has 1 fully saturated rings.